The molecule has 5 nitrogen and oxygen atoms in total. The molecule has 1 aromatic carbocycles. The third-order valence-electron chi connectivity index (χ3n) is 3.58. The maximum Gasteiger partial charge on any atom is 0.320 e. The summed E-state index contributed by atoms with van der Waals surface area (Å²) in [6.45, 7) is 2.26. The number of benzene rings is 1. The molecule has 1 N–H and O–H groups in total. The van der Waals surface area contributed by atoms with E-state index in [0.29, 0.717) is 17.7 Å². The smallest absolute Gasteiger partial charge is 0.320 e. The Hall–Kier alpha value is -2.40. The second-order valence-electron chi connectivity index (χ2n) is 5.19. The van der Waals surface area contributed by atoms with E-state index < -0.39 is 0 Å². The zero-order chi connectivity index (χ0) is 15.9. The number of hydrogen-bond donors (Lipinski definition) is 1. The van der Waals surface area contributed by atoms with Crippen LogP contribution in [0.2, 0.25) is 0 Å². The van der Waals surface area contributed by atoms with Gasteiger partial charge in [0.2, 0.25) is 0 Å². The SMILES string of the molecule is CC(CCO)N(Cc1ccccc1)C(=O)c1cccc[n+]1[O-]. The first-order valence-corrected chi connectivity index (χ1v) is 7.27. The topological polar surface area (TPSA) is 67.5 Å². The quantitative estimate of drug-likeness (QED) is 0.652. The fourth-order valence-electron chi connectivity index (χ4n) is 2.29. The fourth-order valence-corrected chi connectivity index (χ4v) is 2.29. The molecular weight excluding hydrogens is 280 g/mol. The molecule has 5 heteroatoms. The van der Waals surface area contributed by atoms with E-state index in [1.165, 1.54) is 12.3 Å². The minimum atomic E-state index is -0.333. The van der Waals surface area contributed by atoms with E-state index >= 15 is 0 Å². The van der Waals surface area contributed by atoms with Crippen molar-refractivity contribution in [3.8, 4) is 0 Å². The van der Waals surface area contributed by atoms with Crippen molar-refractivity contribution in [2.75, 3.05) is 6.61 Å². The number of aromatic nitrogens is 1. The van der Waals surface area contributed by atoms with Gasteiger partial charge in [-0.1, -0.05) is 30.3 Å². The molecule has 0 aliphatic rings. The highest BCUT2D eigenvalue weighted by Gasteiger charge is 2.26. The second kappa shape index (κ2) is 7.56. The molecule has 0 spiro atoms. The van der Waals surface area contributed by atoms with E-state index in [0.717, 1.165) is 5.56 Å². The molecule has 0 saturated heterocycles. The highest BCUT2D eigenvalue weighted by molar-refractivity contribution is 5.91. The number of amides is 1. The standard InChI is InChI=1S/C17H20N2O3/c1-14(10-12-20)18(13-15-7-3-2-4-8-15)17(21)16-9-5-6-11-19(16)22/h2-9,11,14,20H,10,12-13H2,1H3. The number of hydrogen-bond acceptors (Lipinski definition) is 3. The van der Waals surface area contributed by atoms with Crippen LogP contribution in [-0.4, -0.2) is 28.6 Å². The van der Waals surface area contributed by atoms with Crippen molar-refractivity contribution in [3.05, 3.63) is 71.2 Å². The van der Waals surface area contributed by atoms with Gasteiger partial charge in [-0.25, -0.2) is 0 Å². The van der Waals surface area contributed by atoms with E-state index in [1.807, 2.05) is 37.3 Å². The van der Waals surface area contributed by atoms with Gasteiger partial charge in [-0.15, -0.1) is 0 Å². The van der Waals surface area contributed by atoms with Crippen LogP contribution >= 0.6 is 0 Å². The molecule has 2 rings (SSSR count). The monoisotopic (exact) mass is 300 g/mol. The molecule has 22 heavy (non-hydrogen) atoms. The lowest BCUT2D eigenvalue weighted by molar-refractivity contribution is -0.608. The highest BCUT2D eigenvalue weighted by atomic mass is 16.5. The van der Waals surface area contributed by atoms with E-state index in [2.05, 4.69) is 0 Å². The number of aliphatic hydroxyl groups excluding tert-OH is 1. The Labute approximate surface area is 130 Å². The predicted octanol–water partition coefficient (Wildman–Crippen LogP) is 1.73. The van der Waals surface area contributed by atoms with Crippen LogP contribution in [0.15, 0.2) is 54.7 Å². The maximum absolute atomic E-state index is 12.7. The summed E-state index contributed by atoms with van der Waals surface area (Å²) in [7, 11) is 0. The summed E-state index contributed by atoms with van der Waals surface area (Å²) in [6.07, 6.45) is 1.77. The van der Waals surface area contributed by atoms with Gasteiger partial charge in [-0.05, 0) is 25.0 Å². The van der Waals surface area contributed by atoms with Crippen molar-refractivity contribution >= 4 is 5.91 Å². The number of carbonyl (C=O) groups is 1. The molecule has 0 saturated carbocycles. The molecular formula is C17H20N2O3. The maximum atomic E-state index is 12.7. The Bertz CT molecular complexity index is 616. The molecule has 1 heterocycles. The third-order valence-corrected chi connectivity index (χ3v) is 3.58. The number of aliphatic hydroxyl groups is 1. The van der Waals surface area contributed by atoms with Gasteiger partial charge in [-0.2, -0.15) is 4.73 Å². The van der Waals surface area contributed by atoms with E-state index in [9.17, 15) is 10.0 Å². The van der Waals surface area contributed by atoms with Crippen LogP contribution in [-0.2, 0) is 6.54 Å². The molecule has 1 aromatic heterocycles. The summed E-state index contributed by atoms with van der Waals surface area (Å²) < 4.78 is 0.575. The van der Waals surface area contributed by atoms with E-state index in [4.69, 9.17) is 5.11 Å². The predicted molar refractivity (Wildman–Crippen MR) is 82.9 cm³/mol. The zero-order valence-corrected chi connectivity index (χ0v) is 12.6. The Morgan fingerprint density at radius 3 is 2.55 bits per heavy atom. The van der Waals surface area contributed by atoms with Crippen LogP contribution < -0.4 is 4.73 Å². The average molecular weight is 300 g/mol. The fraction of sp³-hybridized carbons (Fsp3) is 0.294. The first-order valence-electron chi connectivity index (χ1n) is 7.27. The van der Waals surface area contributed by atoms with Gasteiger partial charge >= 0.3 is 5.91 Å². The van der Waals surface area contributed by atoms with Crippen molar-refractivity contribution in [2.45, 2.75) is 25.9 Å². The van der Waals surface area contributed by atoms with Crippen molar-refractivity contribution in [1.29, 1.82) is 0 Å². The van der Waals surface area contributed by atoms with Crippen molar-refractivity contribution < 1.29 is 14.6 Å². The molecule has 0 fully saturated rings. The van der Waals surface area contributed by atoms with Crippen molar-refractivity contribution in [2.24, 2.45) is 0 Å². The molecule has 1 unspecified atom stereocenters. The van der Waals surface area contributed by atoms with Gasteiger partial charge in [0.1, 0.15) is 0 Å². The first-order chi connectivity index (χ1) is 10.6. The third kappa shape index (κ3) is 3.83. The summed E-state index contributed by atoms with van der Waals surface area (Å²) in [4.78, 5) is 14.3. The summed E-state index contributed by atoms with van der Waals surface area (Å²) >= 11 is 0. The second-order valence-corrected chi connectivity index (χ2v) is 5.19. The van der Waals surface area contributed by atoms with Gasteiger partial charge in [0, 0.05) is 31.3 Å². The van der Waals surface area contributed by atoms with E-state index in [1.54, 1.807) is 17.0 Å². The summed E-state index contributed by atoms with van der Waals surface area (Å²) in [5, 5.41) is 21.0. The molecule has 116 valence electrons. The van der Waals surface area contributed by atoms with Gasteiger partial charge in [0.05, 0.1) is 0 Å². The van der Waals surface area contributed by atoms with Gasteiger partial charge in [0.15, 0.2) is 6.20 Å². The van der Waals surface area contributed by atoms with E-state index in [-0.39, 0.29) is 24.2 Å². The van der Waals surface area contributed by atoms with Gasteiger partial charge in [0.25, 0.3) is 5.69 Å². The molecule has 1 amide bonds. The lowest BCUT2D eigenvalue weighted by Gasteiger charge is -2.28. The first kappa shape index (κ1) is 16.0. The number of pyridine rings is 1. The average Bonchev–Trinajstić information content (AvgIpc) is 2.53. The van der Waals surface area contributed by atoms with Crippen LogP contribution in [0, 0.1) is 5.21 Å². The Morgan fingerprint density at radius 1 is 1.23 bits per heavy atom. The minimum absolute atomic E-state index is 0.00803. The number of nitrogens with zero attached hydrogens (tertiary/aromatic N) is 2. The lowest BCUT2D eigenvalue weighted by Crippen LogP contribution is -2.45. The van der Waals surface area contributed by atoms with Crippen molar-refractivity contribution in [3.63, 3.8) is 0 Å². The normalized spacial score (nSPS) is 11.9. The Kier molecular flexibility index (Phi) is 5.49. The summed E-state index contributed by atoms with van der Waals surface area (Å²) in [5.41, 5.74) is 1.07. The lowest BCUT2D eigenvalue weighted by atomic mass is 10.1. The van der Waals surface area contributed by atoms with Crippen LogP contribution in [0.4, 0.5) is 0 Å². The Morgan fingerprint density at radius 2 is 1.91 bits per heavy atom. The summed E-state index contributed by atoms with van der Waals surface area (Å²) in [5.74, 6) is -0.333. The molecule has 1 atom stereocenters. The minimum Gasteiger partial charge on any atom is -0.618 e. The van der Waals surface area contributed by atoms with Crippen LogP contribution in [0.3, 0.4) is 0 Å². The van der Waals surface area contributed by atoms with Crippen LogP contribution in [0.1, 0.15) is 29.4 Å². The molecule has 0 bridgehead atoms. The largest absolute Gasteiger partial charge is 0.618 e. The van der Waals surface area contributed by atoms with Crippen molar-refractivity contribution in [1.82, 2.24) is 4.90 Å². The molecule has 2 aromatic rings. The summed E-state index contributed by atoms with van der Waals surface area (Å²) in [6, 6.07) is 14.2. The van der Waals surface area contributed by atoms with Gasteiger partial charge < -0.3 is 15.2 Å². The molecule has 0 aliphatic heterocycles. The number of rotatable bonds is 6. The number of carbonyl (C=O) groups excluding carboxylic acids is 1. The van der Waals surface area contributed by atoms with Crippen LogP contribution in [0.5, 0.6) is 0 Å². The molecule has 0 radical (unpaired) electrons. The Balaban J connectivity index is 2.28. The van der Waals surface area contributed by atoms with Crippen LogP contribution in [0.25, 0.3) is 0 Å². The zero-order valence-electron chi connectivity index (χ0n) is 12.6. The van der Waals surface area contributed by atoms with Gasteiger partial charge in [-0.3, -0.25) is 4.79 Å². The molecule has 0 aliphatic carbocycles. The highest BCUT2D eigenvalue weighted by Crippen LogP contribution is 2.13.